The van der Waals surface area contributed by atoms with Gasteiger partial charge in [0.2, 0.25) is 5.91 Å². The number of aromatic carboxylic acids is 1. The number of aromatic nitrogens is 1. The minimum Gasteiger partial charge on any atom is -0.477 e. The number of anilines is 1. The van der Waals surface area contributed by atoms with Gasteiger partial charge in [-0.3, -0.25) is 4.79 Å². The van der Waals surface area contributed by atoms with Crippen LogP contribution in [-0.4, -0.2) is 53.0 Å². The number of carboxylic acid groups (broad SMARTS) is 1. The highest BCUT2D eigenvalue weighted by Crippen LogP contribution is 2.42. The molecule has 1 unspecified atom stereocenters. The molecule has 1 saturated carbocycles. The van der Waals surface area contributed by atoms with E-state index in [9.17, 15) is 9.59 Å². The predicted octanol–water partition coefficient (Wildman–Crippen LogP) is 2.40. The summed E-state index contributed by atoms with van der Waals surface area (Å²) in [5, 5.41) is 9.14. The van der Waals surface area contributed by atoms with Gasteiger partial charge in [-0.2, -0.15) is 0 Å². The average molecular weight is 343 g/mol. The summed E-state index contributed by atoms with van der Waals surface area (Å²) < 4.78 is 0. The molecule has 4 rings (SSSR count). The predicted molar refractivity (Wildman–Crippen MR) is 93.6 cm³/mol. The van der Waals surface area contributed by atoms with E-state index in [0.29, 0.717) is 24.2 Å². The van der Waals surface area contributed by atoms with E-state index in [1.54, 1.807) is 6.07 Å². The summed E-state index contributed by atoms with van der Waals surface area (Å²) in [6.07, 6.45) is 6.66. The summed E-state index contributed by atoms with van der Waals surface area (Å²) in [6.45, 7) is 3.24. The van der Waals surface area contributed by atoms with Crippen molar-refractivity contribution in [3.8, 4) is 0 Å². The summed E-state index contributed by atoms with van der Waals surface area (Å²) in [4.78, 5) is 32.7. The van der Waals surface area contributed by atoms with E-state index in [2.05, 4.69) is 14.8 Å². The van der Waals surface area contributed by atoms with Crippen LogP contribution < -0.4 is 4.90 Å². The fraction of sp³-hybridized carbons (Fsp3) is 0.632. The number of carbonyl (C=O) groups excluding carboxylic acids is 1. The van der Waals surface area contributed by atoms with Crippen LogP contribution in [-0.2, 0) is 4.79 Å². The van der Waals surface area contributed by atoms with Crippen LogP contribution in [0.5, 0.6) is 0 Å². The molecule has 134 valence electrons. The van der Waals surface area contributed by atoms with Crippen LogP contribution in [0.15, 0.2) is 18.2 Å². The third kappa shape index (κ3) is 2.98. The van der Waals surface area contributed by atoms with Crippen molar-refractivity contribution in [3.05, 3.63) is 23.9 Å². The van der Waals surface area contributed by atoms with Crippen LogP contribution >= 0.6 is 0 Å². The van der Waals surface area contributed by atoms with Gasteiger partial charge in [-0.25, -0.2) is 9.78 Å². The Labute approximate surface area is 147 Å². The Morgan fingerprint density at radius 1 is 1.24 bits per heavy atom. The molecule has 1 aromatic heterocycles. The van der Waals surface area contributed by atoms with Crippen LogP contribution in [0, 0.1) is 11.3 Å². The number of hydrogen-bond acceptors (Lipinski definition) is 4. The fourth-order valence-electron chi connectivity index (χ4n) is 4.48. The Morgan fingerprint density at radius 2 is 2.08 bits per heavy atom. The molecule has 3 aliphatic rings. The molecule has 3 fully saturated rings. The number of amides is 1. The molecular weight excluding hydrogens is 318 g/mol. The maximum Gasteiger partial charge on any atom is 0.354 e. The van der Waals surface area contributed by atoms with Gasteiger partial charge in [0, 0.05) is 26.2 Å². The standard InChI is InChI=1S/C19H25N3O3/c23-17(24)15-6-2-7-16(20-15)22-11-9-19(13-22)8-3-10-21(18(19)25)12-14-4-1-5-14/h2,6-7,14H,1,3-5,8-13H2,(H,23,24). The summed E-state index contributed by atoms with van der Waals surface area (Å²) >= 11 is 0. The number of likely N-dealkylation sites (tertiary alicyclic amines) is 1. The fourth-order valence-corrected chi connectivity index (χ4v) is 4.48. The summed E-state index contributed by atoms with van der Waals surface area (Å²) in [6, 6.07) is 5.07. The summed E-state index contributed by atoms with van der Waals surface area (Å²) in [7, 11) is 0. The van der Waals surface area contributed by atoms with E-state index in [-0.39, 0.29) is 11.1 Å². The molecule has 1 aliphatic carbocycles. The molecule has 6 heteroatoms. The van der Waals surface area contributed by atoms with Gasteiger partial charge in [-0.1, -0.05) is 12.5 Å². The van der Waals surface area contributed by atoms with Gasteiger partial charge in [0.25, 0.3) is 0 Å². The molecule has 1 N–H and O–H groups in total. The smallest absolute Gasteiger partial charge is 0.354 e. The molecule has 2 aliphatic heterocycles. The SMILES string of the molecule is O=C(O)c1cccc(N2CCC3(CCCN(CC4CCC4)C3=O)C2)n1. The lowest BCUT2D eigenvalue weighted by Gasteiger charge is -2.42. The molecule has 1 spiro atoms. The lowest BCUT2D eigenvalue weighted by Crippen LogP contribution is -2.51. The monoisotopic (exact) mass is 343 g/mol. The first-order chi connectivity index (χ1) is 12.1. The quantitative estimate of drug-likeness (QED) is 0.909. The maximum absolute atomic E-state index is 13.2. The Bertz CT molecular complexity index is 688. The number of piperidine rings is 1. The van der Waals surface area contributed by atoms with Crippen molar-refractivity contribution in [2.75, 3.05) is 31.1 Å². The first-order valence-corrected chi connectivity index (χ1v) is 9.32. The number of carboxylic acids is 1. The zero-order valence-electron chi connectivity index (χ0n) is 14.5. The molecule has 0 radical (unpaired) electrons. The maximum atomic E-state index is 13.2. The Balaban J connectivity index is 1.49. The van der Waals surface area contributed by atoms with Crippen LogP contribution in [0.2, 0.25) is 0 Å². The van der Waals surface area contributed by atoms with Crippen LogP contribution in [0.25, 0.3) is 0 Å². The van der Waals surface area contributed by atoms with E-state index in [1.807, 2.05) is 6.07 Å². The zero-order valence-corrected chi connectivity index (χ0v) is 14.5. The topological polar surface area (TPSA) is 73.7 Å². The molecule has 0 aromatic carbocycles. The molecule has 1 amide bonds. The van der Waals surface area contributed by atoms with E-state index in [0.717, 1.165) is 38.9 Å². The summed E-state index contributed by atoms with van der Waals surface area (Å²) in [5.74, 6) is 0.657. The van der Waals surface area contributed by atoms with Crippen molar-refractivity contribution >= 4 is 17.7 Å². The number of carbonyl (C=O) groups is 2. The van der Waals surface area contributed by atoms with Crippen LogP contribution in [0.1, 0.15) is 49.0 Å². The van der Waals surface area contributed by atoms with Gasteiger partial charge in [0.15, 0.2) is 5.69 Å². The lowest BCUT2D eigenvalue weighted by atomic mass is 9.77. The zero-order chi connectivity index (χ0) is 17.4. The van der Waals surface area contributed by atoms with Gasteiger partial charge in [-0.15, -0.1) is 0 Å². The first-order valence-electron chi connectivity index (χ1n) is 9.32. The van der Waals surface area contributed by atoms with Crippen molar-refractivity contribution in [1.29, 1.82) is 0 Å². The second-order valence-corrected chi connectivity index (χ2v) is 7.79. The molecule has 6 nitrogen and oxygen atoms in total. The van der Waals surface area contributed by atoms with E-state index in [1.165, 1.54) is 25.3 Å². The minimum absolute atomic E-state index is 0.0556. The average Bonchev–Trinajstić information content (AvgIpc) is 3.00. The van der Waals surface area contributed by atoms with Crippen molar-refractivity contribution in [3.63, 3.8) is 0 Å². The number of hydrogen-bond donors (Lipinski definition) is 1. The number of rotatable bonds is 4. The third-order valence-corrected chi connectivity index (χ3v) is 6.16. The van der Waals surface area contributed by atoms with Crippen LogP contribution in [0.3, 0.4) is 0 Å². The third-order valence-electron chi connectivity index (χ3n) is 6.16. The summed E-state index contributed by atoms with van der Waals surface area (Å²) in [5.41, 5.74) is -0.247. The van der Waals surface area contributed by atoms with Gasteiger partial charge in [-0.05, 0) is 50.2 Å². The van der Waals surface area contributed by atoms with Crippen molar-refractivity contribution in [1.82, 2.24) is 9.88 Å². The van der Waals surface area contributed by atoms with Crippen molar-refractivity contribution < 1.29 is 14.7 Å². The number of pyridine rings is 1. The van der Waals surface area contributed by atoms with E-state index < -0.39 is 5.97 Å². The van der Waals surface area contributed by atoms with Crippen molar-refractivity contribution in [2.24, 2.45) is 11.3 Å². The molecular formula is C19H25N3O3. The van der Waals surface area contributed by atoms with Gasteiger partial charge < -0.3 is 14.9 Å². The first kappa shape index (κ1) is 16.4. The Kier molecular flexibility index (Phi) is 4.13. The molecule has 1 aromatic rings. The Hall–Kier alpha value is -2.11. The Morgan fingerprint density at radius 3 is 2.80 bits per heavy atom. The molecule has 0 bridgehead atoms. The van der Waals surface area contributed by atoms with Gasteiger partial charge in [0.1, 0.15) is 5.82 Å². The molecule has 25 heavy (non-hydrogen) atoms. The van der Waals surface area contributed by atoms with E-state index >= 15 is 0 Å². The normalized spacial score (nSPS) is 27.0. The minimum atomic E-state index is -1.02. The van der Waals surface area contributed by atoms with E-state index in [4.69, 9.17) is 5.11 Å². The highest BCUT2D eigenvalue weighted by Gasteiger charge is 2.49. The van der Waals surface area contributed by atoms with Crippen LogP contribution in [0.4, 0.5) is 5.82 Å². The second kappa shape index (κ2) is 6.32. The molecule has 1 atom stereocenters. The second-order valence-electron chi connectivity index (χ2n) is 7.79. The van der Waals surface area contributed by atoms with Gasteiger partial charge in [0.05, 0.1) is 5.41 Å². The largest absolute Gasteiger partial charge is 0.477 e. The van der Waals surface area contributed by atoms with Crippen molar-refractivity contribution in [2.45, 2.75) is 38.5 Å². The highest BCUT2D eigenvalue weighted by atomic mass is 16.4. The highest BCUT2D eigenvalue weighted by molar-refractivity contribution is 5.86. The lowest BCUT2D eigenvalue weighted by molar-refractivity contribution is -0.146. The van der Waals surface area contributed by atoms with Gasteiger partial charge >= 0.3 is 5.97 Å². The molecule has 3 heterocycles. The molecule has 2 saturated heterocycles. The number of nitrogens with zero attached hydrogens (tertiary/aromatic N) is 3.